The highest BCUT2D eigenvalue weighted by Gasteiger charge is 2.37. The van der Waals surface area contributed by atoms with E-state index in [1.165, 1.54) is 6.07 Å². The van der Waals surface area contributed by atoms with E-state index in [4.69, 9.17) is 16.4 Å². The molecule has 0 bridgehead atoms. The molecule has 19 heavy (non-hydrogen) atoms. The lowest BCUT2D eigenvalue weighted by Gasteiger charge is -2.14. The van der Waals surface area contributed by atoms with Crippen molar-refractivity contribution in [1.29, 1.82) is 0 Å². The third-order valence-electron chi connectivity index (χ3n) is 2.75. The number of benzene rings is 2. The standard InChI is InChI=1S/C14H8ClNO3/c15-9-4-3-5-10(8-9)19-16-13(17)11-6-1-2-7-12(11)14(16)18/h1-8H. The molecule has 0 aliphatic carbocycles. The van der Waals surface area contributed by atoms with Gasteiger partial charge in [0.05, 0.1) is 11.1 Å². The summed E-state index contributed by atoms with van der Waals surface area (Å²) in [6.07, 6.45) is 0. The molecule has 0 aromatic heterocycles. The molecule has 2 amide bonds. The number of hydrogen-bond acceptors (Lipinski definition) is 3. The largest absolute Gasteiger partial charge is 0.368 e. The van der Waals surface area contributed by atoms with Crippen molar-refractivity contribution >= 4 is 23.4 Å². The van der Waals surface area contributed by atoms with E-state index in [1.807, 2.05) is 0 Å². The molecule has 1 aliphatic rings. The van der Waals surface area contributed by atoms with Gasteiger partial charge in [0.2, 0.25) is 0 Å². The summed E-state index contributed by atoms with van der Waals surface area (Å²) in [5.74, 6) is -0.608. The van der Waals surface area contributed by atoms with Crippen LogP contribution in [0.3, 0.4) is 0 Å². The fourth-order valence-corrected chi connectivity index (χ4v) is 2.06. The summed E-state index contributed by atoms with van der Waals surface area (Å²) in [4.78, 5) is 29.4. The van der Waals surface area contributed by atoms with E-state index in [9.17, 15) is 9.59 Å². The second-order valence-corrected chi connectivity index (χ2v) is 4.44. The topological polar surface area (TPSA) is 46.6 Å². The van der Waals surface area contributed by atoms with Crippen LogP contribution in [0, 0.1) is 0 Å². The highest BCUT2D eigenvalue weighted by atomic mass is 35.5. The molecule has 0 fully saturated rings. The molecule has 4 nitrogen and oxygen atoms in total. The Morgan fingerprint density at radius 2 is 1.53 bits per heavy atom. The molecule has 0 atom stereocenters. The van der Waals surface area contributed by atoms with E-state index in [2.05, 4.69) is 0 Å². The molecule has 0 N–H and O–H groups in total. The van der Waals surface area contributed by atoms with Gasteiger partial charge in [0.15, 0.2) is 5.75 Å². The third kappa shape index (κ3) is 1.96. The van der Waals surface area contributed by atoms with Crippen molar-refractivity contribution in [2.75, 3.05) is 0 Å². The molecule has 5 heteroatoms. The number of carbonyl (C=O) groups is 2. The lowest BCUT2D eigenvalue weighted by molar-refractivity contribution is -0.0140. The number of imide groups is 1. The van der Waals surface area contributed by atoms with Crippen molar-refractivity contribution in [2.45, 2.75) is 0 Å². The predicted molar refractivity (Wildman–Crippen MR) is 69.0 cm³/mol. The molecule has 1 aliphatic heterocycles. The Labute approximate surface area is 114 Å². The average Bonchev–Trinajstić information content (AvgIpc) is 2.65. The number of rotatable bonds is 2. The van der Waals surface area contributed by atoms with Gasteiger partial charge in [-0.05, 0) is 24.3 Å². The van der Waals surface area contributed by atoms with Crippen LogP contribution < -0.4 is 4.84 Å². The molecule has 3 rings (SSSR count). The minimum Gasteiger partial charge on any atom is -0.368 e. The summed E-state index contributed by atoms with van der Waals surface area (Å²) < 4.78 is 0. The Morgan fingerprint density at radius 1 is 0.895 bits per heavy atom. The van der Waals surface area contributed by atoms with Gasteiger partial charge in [-0.25, -0.2) is 0 Å². The van der Waals surface area contributed by atoms with Crippen molar-refractivity contribution in [3.05, 3.63) is 64.7 Å². The second kappa shape index (κ2) is 4.40. The van der Waals surface area contributed by atoms with Gasteiger partial charge in [-0.15, -0.1) is 0 Å². The summed E-state index contributed by atoms with van der Waals surface area (Å²) in [7, 11) is 0. The van der Waals surface area contributed by atoms with Crippen molar-refractivity contribution in [2.24, 2.45) is 0 Å². The summed E-state index contributed by atoms with van der Waals surface area (Å²) in [6.45, 7) is 0. The number of amides is 2. The molecule has 0 saturated heterocycles. The molecule has 0 radical (unpaired) electrons. The smallest absolute Gasteiger partial charge is 0.295 e. The summed E-state index contributed by atoms with van der Waals surface area (Å²) in [5, 5.41) is 1.21. The molecule has 0 unspecified atom stereocenters. The van der Waals surface area contributed by atoms with Crippen LogP contribution in [0.1, 0.15) is 20.7 Å². The number of hydroxylamine groups is 2. The quantitative estimate of drug-likeness (QED) is 0.791. The van der Waals surface area contributed by atoms with E-state index in [0.29, 0.717) is 21.9 Å². The van der Waals surface area contributed by atoms with E-state index in [1.54, 1.807) is 42.5 Å². The maximum absolute atomic E-state index is 12.0. The van der Waals surface area contributed by atoms with E-state index in [0.717, 1.165) is 5.06 Å². The zero-order valence-corrected chi connectivity index (χ0v) is 10.4. The molecular weight excluding hydrogens is 266 g/mol. The number of fused-ring (bicyclic) bond motifs is 1. The van der Waals surface area contributed by atoms with Crippen LogP contribution in [0.4, 0.5) is 0 Å². The maximum atomic E-state index is 12.0. The van der Waals surface area contributed by atoms with Gasteiger partial charge >= 0.3 is 0 Å². The van der Waals surface area contributed by atoms with Crippen LogP contribution in [0.15, 0.2) is 48.5 Å². The zero-order chi connectivity index (χ0) is 13.4. The number of nitrogens with zero attached hydrogens (tertiary/aromatic N) is 1. The van der Waals surface area contributed by atoms with Crippen LogP contribution >= 0.6 is 11.6 Å². The Bertz CT molecular complexity index is 649. The molecule has 0 saturated carbocycles. The zero-order valence-electron chi connectivity index (χ0n) is 9.67. The van der Waals surface area contributed by atoms with Crippen LogP contribution in [-0.2, 0) is 0 Å². The van der Waals surface area contributed by atoms with E-state index in [-0.39, 0.29) is 0 Å². The van der Waals surface area contributed by atoms with Crippen LogP contribution in [0.25, 0.3) is 0 Å². The number of carbonyl (C=O) groups excluding carboxylic acids is 2. The van der Waals surface area contributed by atoms with Crippen LogP contribution in [0.2, 0.25) is 5.02 Å². The maximum Gasteiger partial charge on any atom is 0.295 e. The first-order valence-electron chi connectivity index (χ1n) is 5.58. The van der Waals surface area contributed by atoms with Gasteiger partial charge in [0, 0.05) is 11.1 Å². The molecular formula is C14H8ClNO3. The van der Waals surface area contributed by atoms with Crippen molar-refractivity contribution in [3.63, 3.8) is 0 Å². The second-order valence-electron chi connectivity index (χ2n) is 4.00. The van der Waals surface area contributed by atoms with Gasteiger partial charge in [-0.2, -0.15) is 0 Å². The molecule has 1 heterocycles. The SMILES string of the molecule is O=C1c2ccccc2C(=O)N1Oc1cccc(Cl)c1. The summed E-state index contributed by atoms with van der Waals surface area (Å²) in [5.41, 5.74) is 0.684. The Morgan fingerprint density at radius 3 is 2.11 bits per heavy atom. The lowest BCUT2D eigenvalue weighted by atomic mass is 10.1. The fraction of sp³-hybridized carbons (Fsp3) is 0. The van der Waals surface area contributed by atoms with E-state index < -0.39 is 11.8 Å². The number of hydrogen-bond donors (Lipinski definition) is 0. The van der Waals surface area contributed by atoms with Crippen molar-refractivity contribution < 1.29 is 14.4 Å². The summed E-state index contributed by atoms with van der Waals surface area (Å²) >= 11 is 5.82. The minimum atomic E-state index is -0.472. The van der Waals surface area contributed by atoms with Gasteiger partial charge in [-0.1, -0.05) is 34.9 Å². The minimum absolute atomic E-state index is 0.335. The van der Waals surface area contributed by atoms with Crippen molar-refractivity contribution in [3.8, 4) is 5.75 Å². The monoisotopic (exact) mass is 273 g/mol. The van der Waals surface area contributed by atoms with Gasteiger partial charge < -0.3 is 4.84 Å². The van der Waals surface area contributed by atoms with Crippen LogP contribution in [-0.4, -0.2) is 16.9 Å². The first kappa shape index (κ1) is 11.7. The Hall–Kier alpha value is -2.33. The Balaban J connectivity index is 1.92. The predicted octanol–water partition coefficient (Wildman–Crippen LogP) is 2.93. The number of halogens is 1. The van der Waals surface area contributed by atoms with E-state index >= 15 is 0 Å². The highest BCUT2D eigenvalue weighted by molar-refractivity contribution is 6.30. The fourth-order valence-electron chi connectivity index (χ4n) is 1.88. The van der Waals surface area contributed by atoms with Gasteiger partial charge in [-0.3, -0.25) is 9.59 Å². The first-order chi connectivity index (χ1) is 9.16. The van der Waals surface area contributed by atoms with Crippen molar-refractivity contribution in [1.82, 2.24) is 5.06 Å². The summed E-state index contributed by atoms with van der Waals surface area (Å²) in [6, 6.07) is 13.1. The molecule has 2 aromatic rings. The highest BCUT2D eigenvalue weighted by Crippen LogP contribution is 2.25. The van der Waals surface area contributed by atoms with Gasteiger partial charge in [0.25, 0.3) is 11.8 Å². The van der Waals surface area contributed by atoms with Crippen LogP contribution in [0.5, 0.6) is 5.75 Å². The third-order valence-corrected chi connectivity index (χ3v) is 2.98. The van der Waals surface area contributed by atoms with Gasteiger partial charge in [0.1, 0.15) is 0 Å². The first-order valence-corrected chi connectivity index (χ1v) is 5.96. The molecule has 94 valence electrons. The lowest BCUT2D eigenvalue weighted by Crippen LogP contribution is -2.33. The molecule has 0 spiro atoms. The normalized spacial score (nSPS) is 13.6. The average molecular weight is 274 g/mol. The molecule has 2 aromatic carbocycles. The Kier molecular flexibility index (Phi) is 2.72.